The first-order chi connectivity index (χ1) is 16.3. The summed E-state index contributed by atoms with van der Waals surface area (Å²) in [6.45, 7) is 2.03. The standard InChI is InChI=1S/C25H22ClN3O4S/c1-14-10-11-18-16(12-14)23-17(25(27-18)15-6-2-3-7-19(15)28(30)31)13-22(24(23)26)34-21-9-5-4-8-20(21)29(32)33/h2-12,17,22-25,27H,13H2,1H3/t17-,22-,23-,24-,25-/m0/s1. The van der Waals surface area contributed by atoms with Gasteiger partial charge in [0.05, 0.1) is 31.7 Å². The van der Waals surface area contributed by atoms with Crippen LogP contribution < -0.4 is 5.32 Å². The smallest absolute Gasteiger partial charge is 0.282 e. The molecular formula is C25H22ClN3O4S. The minimum atomic E-state index is -0.371. The van der Waals surface area contributed by atoms with Crippen molar-refractivity contribution in [2.24, 2.45) is 5.92 Å². The van der Waals surface area contributed by atoms with Crippen LogP contribution in [0.2, 0.25) is 0 Å². The minimum Gasteiger partial charge on any atom is -0.377 e. The zero-order chi connectivity index (χ0) is 24.0. The highest BCUT2D eigenvalue weighted by Crippen LogP contribution is 2.58. The van der Waals surface area contributed by atoms with Gasteiger partial charge in [-0.3, -0.25) is 20.2 Å². The van der Waals surface area contributed by atoms with E-state index in [9.17, 15) is 20.2 Å². The molecule has 0 spiro atoms. The molecule has 1 heterocycles. The predicted molar refractivity (Wildman–Crippen MR) is 134 cm³/mol. The van der Waals surface area contributed by atoms with Gasteiger partial charge in [-0.2, -0.15) is 0 Å². The van der Waals surface area contributed by atoms with Gasteiger partial charge in [0.15, 0.2) is 0 Å². The number of rotatable bonds is 5. The number of para-hydroxylation sites is 2. The number of nitro groups is 2. The maximum absolute atomic E-state index is 11.8. The van der Waals surface area contributed by atoms with Crippen molar-refractivity contribution >= 4 is 40.4 Å². The van der Waals surface area contributed by atoms with Gasteiger partial charge in [-0.25, -0.2) is 0 Å². The lowest BCUT2D eigenvalue weighted by Gasteiger charge is -2.38. The number of alkyl halides is 1. The summed E-state index contributed by atoms with van der Waals surface area (Å²) in [5.41, 5.74) is 3.92. The van der Waals surface area contributed by atoms with E-state index >= 15 is 0 Å². The van der Waals surface area contributed by atoms with E-state index in [4.69, 9.17) is 11.6 Å². The number of hydrogen-bond donors (Lipinski definition) is 1. The topological polar surface area (TPSA) is 98.3 Å². The Labute approximate surface area is 205 Å². The summed E-state index contributed by atoms with van der Waals surface area (Å²) < 4.78 is 0. The number of nitro benzene ring substituents is 2. The van der Waals surface area contributed by atoms with Crippen LogP contribution in [0.5, 0.6) is 0 Å². The molecule has 2 aliphatic rings. The molecule has 0 amide bonds. The van der Waals surface area contributed by atoms with Crippen molar-refractivity contribution in [1.82, 2.24) is 0 Å². The predicted octanol–water partition coefficient (Wildman–Crippen LogP) is 6.85. The number of nitrogens with zero attached hydrogens (tertiary/aromatic N) is 2. The quantitative estimate of drug-likeness (QED) is 0.236. The Hall–Kier alpha value is -3.10. The number of thioether (sulfide) groups is 1. The van der Waals surface area contributed by atoms with Gasteiger partial charge in [0, 0.05) is 29.0 Å². The van der Waals surface area contributed by atoms with Crippen LogP contribution in [-0.4, -0.2) is 20.5 Å². The van der Waals surface area contributed by atoms with Gasteiger partial charge in [-0.15, -0.1) is 23.4 Å². The van der Waals surface area contributed by atoms with Gasteiger partial charge in [0.1, 0.15) is 0 Å². The molecule has 1 saturated carbocycles. The van der Waals surface area contributed by atoms with E-state index in [2.05, 4.69) is 11.4 Å². The Balaban J connectivity index is 1.57. The van der Waals surface area contributed by atoms with Crippen molar-refractivity contribution in [3.05, 3.63) is 104 Å². The summed E-state index contributed by atoms with van der Waals surface area (Å²) in [6.07, 6.45) is 0.673. The van der Waals surface area contributed by atoms with E-state index in [-0.39, 0.29) is 49.7 Å². The highest BCUT2D eigenvalue weighted by molar-refractivity contribution is 8.00. The minimum absolute atomic E-state index is 0.00170. The monoisotopic (exact) mass is 495 g/mol. The second-order valence-corrected chi connectivity index (χ2v) is 10.6. The van der Waals surface area contributed by atoms with Crippen LogP contribution in [0.1, 0.15) is 35.1 Å². The van der Waals surface area contributed by atoms with Gasteiger partial charge >= 0.3 is 0 Å². The third-order valence-electron chi connectivity index (χ3n) is 6.78. The summed E-state index contributed by atoms with van der Waals surface area (Å²) in [5, 5.41) is 26.5. The van der Waals surface area contributed by atoms with Crippen molar-refractivity contribution in [3.8, 4) is 0 Å². The van der Waals surface area contributed by atoms with Crippen molar-refractivity contribution in [2.45, 2.75) is 40.8 Å². The first kappa shape index (κ1) is 22.7. The van der Waals surface area contributed by atoms with Crippen molar-refractivity contribution in [1.29, 1.82) is 0 Å². The lowest BCUT2D eigenvalue weighted by Crippen LogP contribution is -2.31. The third-order valence-corrected chi connectivity index (χ3v) is 8.89. The van der Waals surface area contributed by atoms with Crippen molar-refractivity contribution < 1.29 is 9.85 Å². The van der Waals surface area contributed by atoms with Crippen molar-refractivity contribution in [3.63, 3.8) is 0 Å². The first-order valence-electron chi connectivity index (χ1n) is 11.0. The zero-order valence-corrected chi connectivity index (χ0v) is 19.8. The van der Waals surface area contributed by atoms with E-state index in [0.717, 1.165) is 16.8 Å². The van der Waals surface area contributed by atoms with Crippen LogP contribution in [0.4, 0.5) is 17.1 Å². The molecular weight excluding hydrogens is 474 g/mol. The van der Waals surface area contributed by atoms with E-state index in [0.29, 0.717) is 16.9 Å². The van der Waals surface area contributed by atoms with Gasteiger partial charge in [-0.1, -0.05) is 48.0 Å². The average molecular weight is 496 g/mol. The van der Waals surface area contributed by atoms with Gasteiger partial charge in [0.25, 0.3) is 11.4 Å². The van der Waals surface area contributed by atoms with Crippen LogP contribution in [0, 0.1) is 33.1 Å². The molecule has 0 saturated heterocycles. The molecule has 3 aromatic carbocycles. The molecule has 7 nitrogen and oxygen atoms in total. The SMILES string of the molecule is Cc1ccc2c(c1)[C@@H]1[C@@H](Cl)[C@@H](Sc3ccccc3[N+](=O)[O-])C[C@@H]1[C@H](c1ccccc1[N+](=O)[O-])N2. The van der Waals surface area contributed by atoms with Crippen LogP contribution in [0.15, 0.2) is 71.6 Å². The fourth-order valence-electron chi connectivity index (χ4n) is 5.33. The number of fused-ring (bicyclic) bond motifs is 3. The second-order valence-electron chi connectivity index (χ2n) is 8.78. The van der Waals surface area contributed by atoms with Gasteiger partial charge in [0.2, 0.25) is 0 Å². The molecule has 174 valence electrons. The largest absolute Gasteiger partial charge is 0.377 e. The molecule has 0 radical (unpaired) electrons. The summed E-state index contributed by atoms with van der Waals surface area (Å²) >= 11 is 8.55. The van der Waals surface area contributed by atoms with Crippen LogP contribution in [-0.2, 0) is 0 Å². The highest BCUT2D eigenvalue weighted by atomic mass is 35.5. The van der Waals surface area contributed by atoms with Crippen LogP contribution in [0.25, 0.3) is 0 Å². The van der Waals surface area contributed by atoms with E-state index < -0.39 is 0 Å². The molecule has 5 atom stereocenters. The molecule has 0 unspecified atom stereocenters. The van der Waals surface area contributed by atoms with E-state index in [1.807, 2.05) is 25.1 Å². The van der Waals surface area contributed by atoms with E-state index in [1.165, 1.54) is 23.9 Å². The molecule has 1 aliphatic carbocycles. The molecule has 0 aromatic heterocycles. The molecule has 9 heteroatoms. The Morgan fingerprint density at radius 2 is 1.62 bits per heavy atom. The van der Waals surface area contributed by atoms with Gasteiger partial charge < -0.3 is 5.32 Å². The molecule has 1 aliphatic heterocycles. The Kier molecular flexibility index (Phi) is 5.95. The Morgan fingerprint density at radius 1 is 0.941 bits per heavy atom. The molecule has 34 heavy (non-hydrogen) atoms. The number of benzene rings is 3. The number of aryl methyl sites for hydroxylation is 1. The Bertz CT molecular complexity index is 1290. The summed E-state index contributed by atoms with van der Waals surface area (Å²) in [6, 6.07) is 19.4. The fourth-order valence-corrected chi connectivity index (χ4v) is 7.27. The average Bonchev–Trinajstić information content (AvgIpc) is 3.15. The third kappa shape index (κ3) is 3.91. The molecule has 0 bridgehead atoms. The number of halogens is 1. The summed E-state index contributed by atoms with van der Waals surface area (Å²) in [7, 11) is 0. The lowest BCUT2D eigenvalue weighted by atomic mass is 9.76. The van der Waals surface area contributed by atoms with E-state index in [1.54, 1.807) is 30.3 Å². The Morgan fingerprint density at radius 3 is 2.35 bits per heavy atom. The van der Waals surface area contributed by atoms with Crippen LogP contribution >= 0.6 is 23.4 Å². The summed E-state index contributed by atoms with van der Waals surface area (Å²) in [5.74, 6) is -0.0407. The second kappa shape index (κ2) is 8.92. The number of anilines is 1. The normalized spacial score (nSPS) is 25.2. The highest BCUT2D eigenvalue weighted by Gasteiger charge is 2.51. The summed E-state index contributed by atoms with van der Waals surface area (Å²) in [4.78, 5) is 23.2. The molecule has 1 N–H and O–H groups in total. The maximum atomic E-state index is 11.8. The molecule has 5 rings (SSSR count). The fraction of sp³-hybridized carbons (Fsp3) is 0.280. The lowest BCUT2D eigenvalue weighted by molar-refractivity contribution is -0.387. The van der Waals surface area contributed by atoms with Crippen molar-refractivity contribution in [2.75, 3.05) is 5.32 Å². The van der Waals surface area contributed by atoms with Crippen LogP contribution in [0.3, 0.4) is 0 Å². The zero-order valence-electron chi connectivity index (χ0n) is 18.3. The maximum Gasteiger partial charge on any atom is 0.282 e. The van der Waals surface area contributed by atoms with Gasteiger partial charge in [-0.05, 0) is 37.0 Å². The molecule has 3 aromatic rings. The number of nitrogens with one attached hydrogen (secondary N) is 1. The first-order valence-corrected chi connectivity index (χ1v) is 12.3. The molecule has 1 fully saturated rings. The number of hydrogen-bond acceptors (Lipinski definition) is 6.